The number of aliphatic hydroxyl groups is 1. The van der Waals surface area contributed by atoms with Crippen LogP contribution >= 0.6 is 0 Å². The van der Waals surface area contributed by atoms with Crippen LogP contribution in [0.4, 0.5) is 18.0 Å². The average Bonchev–Trinajstić information content (AvgIpc) is 2.94. The van der Waals surface area contributed by atoms with Gasteiger partial charge in [0, 0.05) is 13.0 Å². The van der Waals surface area contributed by atoms with Gasteiger partial charge in [0.2, 0.25) is 0 Å². The number of aromatic amines is 1. The smallest absolute Gasteiger partial charge is 0.407 e. The van der Waals surface area contributed by atoms with E-state index in [4.69, 9.17) is 4.74 Å². The fraction of sp³-hybridized carbons (Fsp3) is 0.556. The molecule has 150 valence electrons. The fourth-order valence-corrected chi connectivity index (χ4v) is 2.69. The molecule has 0 unspecified atom stereocenters. The number of aliphatic hydroxyl groups excluding tert-OH is 1. The maximum absolute atomic E-state index is 12.5. The standard InChI is InChI=1S/C18H24F3N3O3/c1-17(2,3)27-16(26)22-9-11-6-7-13-15(24-14(10-25)23-13)12(11)5-4-8-18(19,20)21/h6-7,25H,4-5,8-10H2,1-3H3,(H,22,26)(H,23,24). The number of rotatable bonds is 6. The number of imidazole rings is 1. The van der Waals surface area contributed by atoms with Gasteiger partial charge in [-0.1, -0.05) is 6.07 Å². The molecule has 0 aliphatic carbocycles. The van der Waals surface area contributed by atoms with Crippen LogP contribution in [-0.2, 0) is 24.3 Å². The number of fused-ring (bicyclic) bond motifs is 1. The number of hydrogen-bond donors (Lipinski definition) is 3. The molecule has 3 N–H and O–H groups in total. The van der Waals surface area contributed by atoms with Gasteiger partial charge in [-0.05, 0) is 50.8 Å². The van der Waals surface area contributed by atoms with Gasteiger partial charge in [-0.15, -0.1) is 0 Å². The van der Waals surface area contributed by atoms with E-state index in [-0.39, 0.29) is 26.0 Å². The van der Waals surface area contributed by atoms with Gasteiger partial charge in [-0.25, -0.2) is 9.78 Å². The first-order chi connectivity index (χ1) is 12.5. The van der Waals surface area contributed by atoms with Crippen LogP contribution in [0.5, 0.6) is 0 Å². The van der Waals surface area contributed by atoms with Gasteiger partial charge >= 0.3 is 12.3 Å². The van der Waals surface area contributed by atoms with E-state index in [2.05, 4.69) is 15.3 Å². The lowest BCUT2D eigenvalue weighted by Crippen LogP contribution is -2.32. The number of alkyl halides is 3. The molecule has 0 atom stereocenters. The summed E-state index contributed by atoms with van der Waals surface area (Å²) in [6.45, 7) is 5.01. The van der Waals surface area contributed by atoms with Crippen LogP contribution in [0.2, 0.25) is 0 Å². The molecule has 1 aromatic heterocycles. The van der Waals surface area contributed by atoms with E-state index >= 15 is 0 Å². The van der Waals surface area contributed by atoms with Crippen molar-refractivity contribution in [1.29, 1.82) is 0 Å². The van der Waals surface area contributed by atoms with Gasteiger partial charge in [0.15, 0.2) is 0 Å². The summed E-state index contributed by atoms with van der Waals surface area (Å²) in [4.78, 5) is 19.0. The Morgan fingerprint density at radius 1 is 1.30 bits per heavy atom. The van der Waals surface area contributed by atoms with E-state index in [1.54, 1.807) is 32.9 Å². The Kier molecular flexibility index (Phi) is 6.35. The molecule has 0 aliphatic heterocycles. The van der Waals surface area contributed by atoms with Crippen LogP contribution in [0.25, 0.3) is 11.0 Å². The third-order valence-electron chi connectivity index (χ3n) is 3.76. The van der Waals surface area contributed by atoms with Crippen LogP contribution in [0.3, 0.4) is 0 Å². The summed E-state index contributed by atoms with van der Waals surface area (Å²) in [6, 6.07) is 3.45. The molecule has 0 aliphatic rings. The molecule has 0 fully saturated rings. The molecule has 1 aromatic carbocycles. The van der Waals surface area contributed by atoms with Crippen molar-refractivity contribution >= 4 is 17.1 Å². The number of alkyl carbamates (subject to hydrolysis) is 1. The molecule has 2 rings (SSSR count). The van der Waals surface area contributed by atoms with Gasteiger partial charge in [-0.2, -0.15) is 13.2 Å². The van der Waals surface area contributed by atoms with Crippen LogP contribution in [0.1, 0.15) is 50.6 Å². The fourth-order valence-electron chi connectivity index (χ4n) is 2.69. The van der Waals surface area contributed by atoms with E-state index in [0.717, 1.165) is 0 Å². The highest BCUT2D eigenvalue weighted by atomic mass is 19.4. The molecule has 2 aromatic rings. The van der Waals surface area contributed by atoms with Crippen molar-refractivity contribution in [2.75, 3.05) is 0 Å². The first-order valence-electron chi connectivity index (χ1n) is 8.62. The molecule has 9 heteroatoms. The molecule has 1 heterocycles. The van der Waals surface area contributed by atoms with Crippen LogP contribution < -0.4 is 5.32 Å². The molecule has 1 amide bonds. The molecule has 27 heavy (non-hydrogen) atoms. The number of halogens is 3. The van der Waals surface area contributed by atoms with Crippen LogP contribution in [0.15, 0.2) is 12.1 Å². The third kappa shape index (κ3) is 6.42. The first-order valence-corrected chi connectivity index (χ1v) is 8.62. The Labute approximate surface area is 155 Å². The topological polar surface area (TPSA) is 87.2 Å². The number of carbonyl (C=O) groups is 1. The highest BCUT2D eigenvalue weighted by Crippen LogP contribution is 2.27. The van der Waals surface area contributed by atoms with Crippen molar-refractivity contribution in [1.82, 2.24) is 15.3 Å². The Morgan fingerprint density at radius 2 is 2.00 bits per heavy atom. The Balaban J connectivity index is 2.22. The summed E-state index contributed by atoms with van der Waals surface area (Å²) >= 11 is 0. The minimum absolute atomic E-state index is 0.0939. The molecule has 0 radical (unpaired) electrons. The molecular weight excluding hydrogens is 363 g/mol. The average molecular weight is 387 g/mol. The molecule has 0 saturated carbocycles. The predicted molar refractivity (Wildman–Crippen MR) is 94.1 cm³/mol. The minimum Gasteiger partial charge on any atom is -0.444 e. The molecule has 0 spiro atoms. The number of amides is 1. The highest BCUT2D eigenvalue weighted by molar-refractivity contribution is 5.80. The molecule has 0 saturated heterocycles. The lowest BCUT2D eigenvalue weighted by molar-refractivity contribution is -0.135. The van der Waals surface area contributed by atoms with E-state index in [1.165, 1.54) is 0 Å². The van der Waals surface area contributed by atoms with Crippen LogP contribution in [-0.4, -0.2) is 32.9 Å². The largest absolute Gasteiger partial charge is 0.444 e. The summed E-state index contributed by atoms with van der Waals surface area (Å²) in [5, 5.41) is 11.9. The number of aromatic nitrogens is 2. The maximum atomic E-state index is 12.5. The van der Waals surface area contributed by atoms with Crippen molar-refractivity contribution in [3.63, 3.8) is 0 Å². The summed E-state index contributed by atoms with van der Waals surface area (Å²) in [5.41, 5.74) is 1.75. The van der Waals surface area contributed by atoms with Gasteiger partial charge in [0.1, 0.15) is 18.0 Å². The summed E-state index contributed by atoms with van der Waals surface area (Å²) < 4.78 is 42.7. The van der Waals surface area contributed by atoms with E-state index in [0.29, 0.717) is 28.0 Å². The zero-order valence-corrected chi connectivity index (χ0v) is 15.5. The molecule has 6 nitrogen and oxygen atoms in total. The second kappa shape index (κ2) is 8.16. The Bertz CT molecular complexity index is 795. The number of hydrogen-bond acceptors (Lipinski definition) is 4. The number of nitrogens with one attached hydrogen (secondary N) is 2. The van der Waals surface area contributed by atoms with Crippen molar-refractivity contribution in [2.45, 2.75) is 65.0 Å². The van der Waals surface area contributed by atoms with Crippen molar-refractivity contribution in [2.24, 2.45) is 0 Å². The highest BCUT2D eigenvalue weighted by Gasteiger charge is 2.26. The maximum Gasteiger partial charge on any atom is 0.407 e. The van der Waals surface area contributed by atoms with Crippen molar-refractivity contribution in [3.05, 3.63) is 29.1 Å². The molecular formula is C18H24F3N3O3. The lowest BCUT2D eigenvalue weighted by atomic mass is 10.00. The normalized spacial score (nSPS) is 12.4. The number of benzene rings is 1. The lowest BCUT2D eigenvalue weighted by Gasteiger charge is -2.20. The number of ether oxygens (including phenoxy) is 1. The second-order valence-corrected chi connectivity index (χ2v) is 7.27. The van der Waals surface area contributed by atoms with Crippen LogP contribution in [0, 0.1) is 0 Å². The Morgan fingerprint density at radius 3 is 2.59 bits per heavy atom. The minimum atomic E-state index is -4.23. The third-order valence-corrected chi connectivity index (χ3v) is 3.76. The SMILES string of the molecule is CC(C)(C)OC(=O)NCc1ccc2[nH]c(CO)nc2c1CCCC(F)(F)F. The number of H-pyrrole nitrogens is 1. The van der Waals surface area contributed by atoms with E-state index < -0.39 is 24.3 Å². The number of carbonyl (C=O) groups excluding carboxylic acids is 1. The Hall–Kier alpha value is -2.29. The second-order valence-electron chi connectivity index (χ2n) is 7.27. The van der Waals surface area contributed by atoms with Gasteiger partial charge in [-0.3, -0.25) is 0 Å². The monoisotopic (exact) mass is 387 g/mol. The summed E-state index contributed by atoms with van der Waals surface area (Å²) in [5.74, 6) is 0.333. The van der Waals surface area contributed by atoms with Crippen molar-refractivity contribution in [3.8, 4) is 0 Å². The summed E-state index contributed by atoms with van der Waals surface area (Å²) in [7, 11) is 0. The molecule has 0 bridgehead atoms. The quantitative estimate of drug-likeness (QED) is 0.700. The predicted octanol–water partition coefficient (Wildman–Crippen LogP) is 3.96. The zero-order valence-electron chi connectivity index (χ0n) is 15.5. The van der Waals surface area contributed by atoms with Gasteiger partial charge in [0.05, 0.1) is 11.0 Å². The van der Waals surface area contributed by atoms with E-state index in [9.17, 15) is 23.1 Å². The zero-order chi connectivity index (χ0) is 20.2. The van der Waals surface area contributed by atoms with Gasteiger partial charge in [0.25, 0.3) is 0 Å². The summed E-state index contributed by atoms with van der Waals surface area (Å²) in [6.07, 6.45) is -5.69. The number of nitrogens with zero attached hydrogens (tertiary/aromatic N) is 1. The van der Waals surface area contributed by atoms with Gasteiger partial charge < -0.3 is 20.1 Å². The first kappa shape index (κ1) is 21.0. The van der Waals surface area contributed by atoms with E-state index in [1.807, 2.05) is 0 Å². The number of aryl methyl sites for hydroxylation is 1. The van der Waals surface area contributed by atoms with Crippen molar-refractivity contribution < 1.29 is 27.8 Å².